The molecule has 1 unspecified atom stereocenters. The first-order chi connectivity index (χ1) is 11.0. The fourth-order valence-electron chi connectivity index (χ4n) is 4.92. The Labute approximate surface area is 166 Å². The van der Waals surface area contributed by atoms with Gasteiger partial charge in [0.05, 0.1) is 21.2 Å². The van der Waals surface area contributed by atoms with E-state index in [2.05, 4.69) is 54.9 Å². The summed E-state index contributed by atoms with van der Waals surface area (Å²) in [5.41, 5.74) is 11.2. The molecule has 0 aliphatic heterocycles. The molecule has 1 atom stereocenters. The third-order valence-electron chi connectivity index (χ3n) is 7.54. The quantitative estimate of drug-likeness (QED) is 0.516. The average molecular weight is 342 g/mol. The van der Waals surface area contributed by atoms with Crippen molar-refractivity contribution in [1.82, 2.24) is 0 Å². The van der Waals surface area contributed by atoms with Crippen LogP contribution in [0.3, 0.4) is 0 Å². The van der Waals surface area contributed by atoms with Crippen LogP contribution in [0.15, 0.2) is 0 Å². The summed E-state index contributed by atoms with van der Waals surface area (Å²) in [4.78, 5) is 13.7. The molecule has 0 aromatic heterocycles. The standard InChI is InChI=1S/C12H24B10ClNO/c13-3-2(7(23)6(16)5(15)4(3)14)11(24)8(25)9(17,18)1-10(19,20)12(11,21)22/h1,13-22,24H2. The number of hydrogen-bond donors (Lipinski definition) is 1. The topological polar surface area (TPSA) is 43.1 Å². The summed E-state index contributed by atoms with van der Waals surface area (Å²) in [6, 6.07) is 0. The predicted molar refractivity (Wildman–Crippen MR) is 139 cm³/mol. The highest BCUT2D eigenvalue weighted by Crippen LogP contribution is 2.64. The molecule has 13 heteroatoms. The number of carbonyl (C=O) groups excluding carboxylic acids is 1. The highest BCUT2D eigenvalue weighted by molar-refractivity contribution is 6.67. The lowest BCUT2D eigenvalue weighted by Crippen LogP contribution is -2.69. The lowest BCUT2D eigenvalue weighted by molar-refractivity contribution is -0.128. The first-order valence-electron chi connectivity index (χ1n) is 9.14. The van der Waals surface area contributed by atoms with E-state index in [0.717, 1.165) is 22.9 Å². The zero-order valence-corrected chi connectivity index (χ0v) is 18.3. The number of nitrogens with two attached hydrogens (primary N) is 1. The van der Waals surface area contributed by atoms with Crippen molar-refractivity contribution < 1.29 is 4.79 Å². The Balaban J connectivity index is 2.99. The normalized spacial score (nSPS) is 27.0. The molecule has 120 valence electrons. The maximum atomic E-state index is 13.7. The largest absolute Gasteiger partial charge is 0.316 e. The van der Waals surface area contributed by atoms with E-state index >= 15 is 0 Å². The van der Waals surface area contributed by atoms with E-state index < -0.39 is 16.0 Å². The maximum Gasteiger partial charge on any atom is 0.146 e. The molecule has 0 bridgehead atoms. The molecular formula is C12H24B10ClNO. The summed E-state index contributed by atoms with van der Waals surface area (Å²) < 4.78 is 0. The van der Waals surface area contributed by atoms with Gasteiger partial charge in [0.1, 0.15) is 68.6 Å². The molecule has 1 aromatic rings. The second-order valence-corrected chi connectivity index (χ2v) is 10.3. The lowest BCUT2D eigenvalue weighted by atomic mass is 9.17. The SMILES string of the molecule is Bc1c(B)c(B)c(C2(N)C(=O)C(B)(B)CC(B)(B)C2(B)B)c(Cl)c1B. The molecule has 1 aromatic carbocycles. The Morgan fingerprint density at radius 1 is 0.840 bits per heavy atom. The van der Waals surface area contributed by atoms with Gasteiger partial charge in [-0.1, -0.05) is 39.4 Å². The molecule has 25 heavy (non-hydrogen) atoms. The van der Waals surface area contributed by atoms with Gasteiger partial charge in [0, 0.05) is 5.02 Å². The average Bonchev–Trinajstić information content (AvgIpc) is 2.47. The van der Waals surface area contributed by atoms with Crippen molar-refractivity contribution in [3.63, 3.8) is 0 Å². The van der Waals surface area contributed by atoms with E-state index in [-0.39, 0.29) is 11.0 Å². The maximum absolute atomic E-state index is 13.7. The summed E-state index contributed by atoms with van der Waals surface area (Å²) in [6.45, 7) is 0. The molecule has 2 nitrogen and oxygen atoms in total. The van der Waals surface area contributed by atoms with Gasteiger partial charge in [0.15, 0.2) is 0 Å². The van der Waals surface area contributed by atoms with Gasteiger partial charge in [-0.2, -0.15) is 0 Å². The minimum absolute atomic E-state index is 0.0944. The van der Waals surface area contributed by atoms with Crippen LogP contribution in [-0.2, 0) is 10.3 Å². The van der Waals surface area contributed by atoms with Crippen LogP contribution in [-0.4, -0.2) is 84.2 Å². The lowest BCUT2D eigenvalue weighted by Gasteiger charge is -2.62. The summed E-state index contributed by atoms with van der Waals surface area (Å²) in [5, 5.41) is -0.384. The van der Waals surface area contributed by atoms with Gasteiger partial charge in [-0.3, -0.25) is 4.79 Å². The van der Waals surface area contributed by atoms with Crippen molar-refractivity contribution in [3.8, 4) is 0 Å². The first-order valence-corrected chi connectivity index (χ1v) is 9.52. The second kappa shape index (κ2) is 5.89. The van der Waals surface area contributed by atoms with E-state index in [4.69, 9.17) is 17.3 Å². The summed E-state index contributed by atoms with van der Waals surface area (Å²) in [5.74, 6) is 0.0944. The molecule has 0 heterocycles. The molecule has 0 amide bonds. The first kappa shape index (κ1) is 21.1. The molecule has 1 aliphatic carbocycles. The van der Waals surface area contributed by atoms with Crippen LogP contribution >= 0.6 is 11.6 Å². The zero-order chi connectivity index (χ0) is 19.7. The van der Waals surface area contributed by atoms with Gasteiger partial charge < -0.3 is 5.73 Å². The van der Waals surface area contributed by atoms with Gasteiger partial charge in [0.25, 0.3) is 0 Å². The van der Waals surface area contributed by atoms with E-state index in [9.17, 15) is 4.79 Å². The predicted octanol–water partition coefficient (Wildman–Crippen LogP) is -10.4. The summed E-state index contributed by atoms with van der Waals surface area (Å²) in [7, 11) is 21.0. The number of benzene rings is 1. The van der Waals surface area contributed by atoms with Crippen molar-refractivity contribution in [3.05, 3.63) is 10.6 Å². The third kappa shape index (κ3) is 2.61. The van der Waals surface area contributed by atoms with Gasteiger partial charge in [0.2, 0.25) is 0 Å². The van der Waals surface area contributed by atoms with E-state index in [0.29, 0.717) is 5.02 Å². The second-order valence-electron chi connectivity index (χ2n) is 9.90. The molecule has 2 N–H and O–H groups in total. The highest BCUT2D eigenvalue weighted by atomic mass is 35.5. The van der Waals surface area contributed by atoms with Crippen LogP contribution in [0.1, 0.15) is 12.0 Å². The van der Waals surface area contributed by atoms with Crippen LogP contribution in [0.5, 0.6) is 0 Å². The molecule has 0 radical (unpaired) electrons. The van der Waals surface area contributed by atoms with Crippen molar-refractivity contribution >= 4 is 118 Å². The molecule has 0 saturated heterocycles. The third-order valence-corrected chi connectivity index (χ3v) is 8.01. The minimum Gasteiger partial charge on any atom is -0.316 e. The minimum atomic E-state index is -1.12. The Morgan fingerprint density at radius 3 is 1.76 bits per heavy atom. The molecule has 0 spiro atoms. The van der Waals surface area contributed by atoms with Gasteiger partial charge >= 0.3 is 0 Å². The van der Waals surface area contributed by atoms with E-state index in [1.165, 1.54) is 10.9 Å². The number of hydrogen-bond acceptors (Lipinski definition) is 2. The number of rotatable bonds is 1. The van der Waals surface area contributed by atoms with Crippen molar-refractivity contribution in [1.29, 1.82) is 0 Å². The van der Waals surface area contributed by atoms with Gasteiger partial charge in [-0.15, -0.1) is 10.9 Å². The number of halogens is 1. The Kier molecular flexibility index (Phi) is 4.97. The summed E-state index contributed by atoms with van der Waals surface area (Å²) >= 11 is 6.85. The molecule has 1 saturated carbocycles. The highest BCUT2D eigenvalue weighted by Gasteiger charge is 2.63. The van der Waals surface area contributed by atoms with Crippen molar-refractivity contribution in [2.75, 3.05) is 0 Å². The van der Waals surface area contributed by atoms with Crippen molar-refractivity contribution in [2.45, 2.75) is 27.6 Å². The van der Waals surface area contributed by atoms with Gasteiger partial charge in [-0.05, 0) is 10.8 Å². The van der Waals surface area contributed by atoms with Crippen LogP contribution in [0.2, 0.25) is 20.7 Å². The summed E-state index contributed by atoms with van der Waals surface area (Å²) in [6.07, 6.45) is 0.811. The van der Waals surface area contributed by atoms with E-state index in [1.54, 1.807) is 0 Å². The fourth-order valence-corrected chi connectivity index (χ4v) is 5.35. The zero-order valence-electron chi connectivity index (χ0n) is 17.6. The molecular weight excluding hydrogens is 318 g/mol. The number of Topliss-reactive ketones (excluding diaryl/α,β-unsaturated/α-hetero) is 1. The van der Waals surface area contributed by atoms with Crippen LogP contribution in [0, 0.1) is 0 Å². The Hall–Kier alpha value is -0.211. The molecule has 1 fully saturated rings. The molecule has 1 aliphatic rings. The molecule has 2 rings (SSSR count). The number of carbonyl (C=O) groups is 1. The van der Waals surface area contributed by atoms with Crippen LogP contribution < -0.4 is 27.6 Å². The van der Waals surface area contributed by atoms with Gasteiger partial charge in [-0.25, -0.2) is 0 Å². The van der Waals surface area contributed by atoms with Crippen LogP contribution in [0.4, 0.5) is 0 Å². The smallest absolute Gasteiger partial charge is 0.146 e. The Bertz CT molecular complexity index is 751. The fraction of sp³-hybridized carbons (Fsp3) is 0.417. The van der Waals surface area contributed by atoms with E-state index in [1.807, 2.05) is 23.5 Å². The Morgan fingerprint density at radius 2 is 1.28 bits per heavy atom. The number of ketones is 1. The monoisotopic (exact) mass is 343 g/mol. The van der Waals surface area contributed by atoms with Crippen molar-refractivity contribution in [2.24, 2.45) is 5.73 Å². The van der Waals surface area contributed by atoms with Crippen LogP contribution in [0.25, 0.3) is 0 Å².